The van der Waals surface area contributed by atoms with Crippen molar-refractivity contribution < 1.29 is 9.84 Å². The Morgan fingerprint density at radius 2 is 1.81 bits per heavy atom. The summed E-state index contributed by atoms with van der Waals surface area (Å²) in [6, 6.07) is 15.8. The number of rotatable bonds is 7. The summed E-state index contributed by atoms with van der Waals surface area (Å²) >= 11 is 0. The molecule has 3 nitrogen and oxygen atoms in total. The molecule has 0 radical (unpaired) electrons. The molecule has 1 aliphatic rings. The van der Waals surface area contributed by atoms with E-state index in [9.17, 15) is 5.11 Å². The topological polar surface area (TPSA) is 32.7 Å². The molecule has 0 bridgehead atoms. The highest BCUT2D eigenvalue weighted by atomic mass is 35.5. The number of likely N-dealkylation sites (tertiary alicyclic amines) is 1. The molecule has 0 saturated carbocycles. The molecule has 26 heavy (non-hydrogen) atoms. The van der Waals surface area contributed by atoms with Crippen LogP contribution in [0.5, 0.6) is 11.5 Å². The summed E-state index contributed by atoms with van der Waals surface area (Å²) in [4.78, 5) is 2.41. The van der Waals surface area contributed by atoms with Crippen LogP contribution in [0.4, 0.5) is 0 Å². The SMILES string of the molecule is CN1CCC(CCOc2ccccc2CCc2cccc(O)c2)CC1.Cl. The van der Waals surface area contributed by atoms with Crippen molar-refractivity contribution in [3.05, 3.63) is 59.7 Å². The van der Waals surface area contributed by atoms with Gasteiger partial charge in [-0.3, -0.25) is 0 Å². The molecule has 4 heteroatoms. The van der Waals surface area contributed by atoms with Crippen molar-refractivity contribution in [2.24, 2.45) is 5.92 Å². The largest absolute Gasteiger partial charge is 0.508 e. The van der Waals surface area contributed by atoms with Crippen LogP contribution in [0.15, 0.2) is 48.5 Å². The highest BCUT2D eigenvalue weighted by molar-refractivity contribution is 5.85. The van der Waals surface area contributed by atoms with Crippen LogP contribution in [0, 0.1) is 5.92 Å². The summed E-state index contributed by atoms with van der Waals surface area (Å²) < 4.78 is 6.12. The second-order valence-corrected chi connectivity index (χ2v) is 7.16. The van der Waals surface area contributed by atoms with Crippen LogP contribution in [-0.2, 0) is 12.8 Å². The number of benzene rings is 2. The van der Waals surface area contributed by atoms with Gasteiger partial charge in [-0.25, -0.2) is 0 Å². The molecule has 1 N–H and O–H groups in total. The quantitative estimate of drug-likeness (QED) is 0.760. The van der Waals surface area contributed by atoms with Crippen LogP contribution in [0.3, 0.4) is 0 Å². The first kappa shape index (κ1) is 20.6. The highest BCUT2D eigenvalue weighted by Gasteiger charge is 2.16. The van der Waals surface area contributed by atoms with Crippen LogP contribution in [0.25, 0.3) is 0 Å². The van der Waals surface area contributed by atoms with Gasteiger partial charge in [0.2, 0.25) is 0 Å². The molecule has 1 saturated heterocycles. The number of hydrogen-bond acceptors (Lipinski definition) is 3. The number of phenols is 1. The molecule has 0 amide bonds. The molecule has 1 aliphatic heterocycles. The fourth-order valence-corrected chi connectivity index (χ4v) is 3.53. The number of aryl methyl sites for hydroxylation is 2. The lowest BCUT2D eigenvalue weighted by Gasteiger charge is -2.28. The van der Waals surface area contributed by atoms with Gasteiger partial charge in [-0.2, -0.15) is 0 Å². The second-order valence-electron chi connectivity index (χ2n) is 7.16. The van der Waals surface area contributed by atoms with E-state index < -0.39 is 0 Å². The number of para-hydroxylation sites is 1. The maximum Gasteiger partial charge on any atom is 0.122 e. The van der Waals surface area contributed by atoms with Crippen molar-refractivity contribution >= 4 is 12.4 Å². The molecule has 2 aromatic carbocycles. The van der Waals surface area contributed by atoms with E-state index in [1.807, 2.05) is 18.2 Å². The molecule has 0 unspecified atom stereocenters. The Morgan fingerprint density at radius 1 is 1.04 bits per heavy atom. The zero-order chi connectivity index (χ0) is 17.5. The van der Waals surface area contributed by atoms with Crippen LogP contribution < -0.4 is 4.74 Å². The van der Waals surface area contributed by atoms with Crippen molar-refractivity contribution in [2.75, 3.05) is 26.7 Å². The lowest BCUT2D eigenvalue weighted by atomic mass is 9.94. The molecule has 0 atom stereocenters. The van der Waals surface area contributed by atoms with E-state index in [1.165, 1.54) is 31.5 Å². The van der Waals surface area contributed by atoms with E-state index in [1.54, 1.807) is 6.07 Å². The molecule has 1 fully saturated rings. The minimum absolute atomic E-state index is 0. The fourth-order valence-electron chi connectivity index (χ4n) is 3.53. The summed E-state index contributed by atoms with van der Waals surface area (Å²) in [5.74, 6) is 2.14. The summed E-state index contributed by atoms with van der Waals surface area (Å²) in [7, 11) is 2.20. The van der Waals surface area contributed by atoms with Gasteiger partial charge >= 0.3 is 0 Å². The van der Waals surface area contributed by atoms with Gasteiger partial charge in [-0.15, -0.1) is 12.4 Å². The van der Waals surface area contributed by atoms with Crippen molar-refractivity contribution in [2.45, 2.75) is 32.1 Å². The van der Waals surface area contributed by atoms with Gasteiger partial charge in [0.25, 0.3) is 0 Å². The number of halogens is 1. The first-order chi connectivity index (χ1) is 12.2. The zero-order valence-electron chi connectivity index (χ0n) is 15.6. The van der Waals surface area contributed by atoms with Gasteiger partial charge in [-0.05, 0) is 87.5 Å². The molecule has 0 aliphatic carbocycles. The highest BCUT2D eigenvalue weighted by Crippen LogP contribution is 2.23. The van der Waals surface area contributed by atoms with E-state index in [2.05, 4.69) is 36.2 Å². The van der Waals surface area contributed by atoms with E-state index in [0.29, 0.717) is 5.75 Å². The summed E-state index contributed by atoms with van der Waals surface area (Å²) in [6.07, 6.45) is 5.56. The first-order valence-electron chi connectivity index (χ1n) is 9.38. The molecule has 2 aromatic rings. The summed E-state index contributed by atoms with van der Waals surface area (Å²) in [5.41, 5.74) is 2.40. The molecule has 142 valence electrons. The number of phenolic OH excluding ortho intramolecular Hbond substituents is 1. The van der Waals surface area contributed by atoms with E-state index >= 15 is 0 Å². The van der Waals surface area contributed by atoms with E-state index in [0.717, 1.165) is 43.1 Å². The number of nitrogens with zero attached hydrogens (tertiary/aromatic N) is 1. The van der Waals surface area contributed by atoms with Gasteiger partial charge < -0.3 is 14.7 Å². The Hall–Kier alpha value is -1.71. The van der Waals surface area contributed by atoms with Crippen molar-refractivity contribution in [3.63, 3.8) is 0 Å². The fraction of sp³-hybridized carbons (Fsp3) is 0.455. The molecule has 0 spiro atoms. The predicted molar refractivity (Wildman–Crippen MR) is 110 cm³/mol. The molecule has 0 aromatic heterocycles. The van der Waals surface area contributed by atoms with Crippen LogP contribution >= 0.6 is 12.4 Å². The summed E-state index contributed by atoms with van der Waals surface area (Å²) in [6.45, 7) is 3.23. The maximum atomic E-state index is 9.59. The standard InChI is InChI=1S/C22H29NO2.ClH/c1-23-14-11-18(12-15-23)13-16-25-22-8-3-2-6-20(22)10-9-19-5-4-7-21(24)17-19;/h2-8,17-18,24H,9-16H2,1H3;1H. The van der Waals surface area contributed by atoms with Crippen molar-refractivity contribution in [1.82, 2.24) is 4.90 Å². The van der Waals surface area contributed by atoms with Gasteiger partial charge in [0.15, 0.2) is 0 Å². The lowest BCUT2D eigenvalue weighted by Crippen LogP contribution is -2.30. The molecular formula is C22H30ClNO2. The Morgan fingerprint density at radius 3 is 2.58 bits per heavy atom. The first-order valence-corrected chi connectivity index (χ1v) is 9.38. The summed E-state index contributed by atoms with van der Waals surface area (Å²) in [5, 5.41) is 9.59. The minimum atomic E-state index is 0. The van der Waals surface area contributed by atoms with Crippen LogP contribution in [0.2, 0.25) is 0 Å². The predicted octanol–water partition coefficient (Wildman–Crippen LogP) is 4.71. The van der Waals surface area contributed by atoms with E-state index in [4.69, 9.17) is 4.74 Å². The molecule has 3 rings (SSSR count). The average Bonchev–Trinajstić information content (AvgIpc) is 2.63. The molecular weight excluding hydrogens is 346 g/mol. The van der Waals surface area contributed by atoms with Gasteiger partial charge in [0.1, 0.15) is 11.5 Å². The van der Waals surface area contributed by atoms with Gasteiger partial charge in [-0.1, -0.05) is 30.3 Å². The Kier molecular flexibility index (Phi) is 8.27. The average molecular weight is 376 g/mol. The third-order valence-electron chi connectivity index (χ3n) is 5.19. The van der Waals surface area contributed by atoms with Crippen molar-refractivity contribution in [1.29, 1.82) is 0 Å². The third kappa shape index (κ3) is 6.22. The van der Waals surface area contributed by atoms with E-state index in [-0.39, 0.29) is 12.4 Å². The lowest BCUT2D eigenvalue weighted by molar-refractivity contribution is 0.187. The van der Waals surface area contributed by atoms with Crippen LogP contribution in [0.1, 0.15) is 30.4 Å². The van der Waals surface area contributed by atoms with Crippen LogP contribution in [-0.4, -0.2) is 36.8 Å². The number of ether oxygens (including phenoxy) is 1. The zero-order valence-corrected chi connectivity index (χ0v) is 16.4. The Labute approximate surface area is 163 Å². The van der Waals surface area contributed by atoms with Crippen molar-refractivity contribution in [3.8, 4) is 11.5 Å². The number of piperidine rings is 1. The smallest absolute Gasteiger partial charge is 0.122 e. The normalized spacial score (nSPS) is 15.4. The Bertz CT molecular complexity index is 669. The maximum absolute atomic E-state index is 9.59. The monoisotopic (exact) mass is 375 g/mol. The number of aromatic hydroxyl groups is 1. The number of hydrogen-bond donors (Lipinski definition) is 1. The van der Waals surface area contributed by atoms with Gasteiger partial charge in [0, 0.05) is 0 Å². The molecule has 1 heterocycles. The van der Waals surface area contributed by atoms with Gasteiger partial charge in [0.05, 0.1) is 6.61 Å². The third-order valence-corrected chi connectivity index (χ3v) is 5.19. The second kappa shape index (κ2) is 10.4. The Balaban J connectivity index is 0.00000243. The minimum Gasteiger partial charge on any atom is -0.508 e.